The summed E-state index contributed by atoms with van der Waals surface area (Å²) in [4.78, 5) is 0. The van der Waals surface area contributed by atoms with Crippen molar-refractivity contribution >= 4 is 81.0 Å². The molecule has 0 N–H and O–H groups in total. The van der Waals surface area contributed by atoms with E-state index in [4.69, 9.17) is 0 Å². The van der Waals surface area contributed by atoms with E-state index in [1.54, 1.807) is 114 Å². The Balaban J connectivity index is 1.46. The van der Waals surface area contributed by atoms with Gasteiger partial charge in [-0.25, -0.2) is 0 Å². The first-order chi connectivity index (χ1) is 19.9. The second-order valence-corrected chi connectivity index (χ2v) is 15.2. The molecular weight excluding hydrogens is 480 g/mol. The molecule has 0 amide bonds. The number of allylic oxidation sites excluding steroid dienone is 2. The Kier molecular flexibility index (Phi) is 1.94. The van der Waals surface area contributed by atoms with E-state index in [2.05, 4.69) is 6.08 Å². The van der Waals surface area contributed by atoms with E-state index in [0.29, 0.717) is 17.8 Å². The molecule has 0 aliphatic heterocycles. The van der Waals surface area contributed by atoms with E-state index in [9.17, 15) is 0 Å². The van der Waals surface area contributed by atoms with Crippen LogP contribution in [0.4, 0.5) is 0 Å². The average molecular weight is 503 g/mol. The zero-order valence-corrected chi connectivity index (χ0v) is 22.2. The van der Waals surface area contributed by atoms with Gasteiger partial charge in [-0.05, 0) is 194 Å². The highest BCUT2D eigenvalue weighted by atomic mass is 14.6. The minimum atomic E-state index is 0.570. The predicted octanol–water partition coefficient (Wildman–Crippen LogP) is 8.44. The highest BCUT2D eigenvalue weighted by molar-refractivity contribution is 6.56. The molecule has 3 unspecified atom stereocenters. The van der Waals surface area contributed by atoms with Crippen molar-refractivity contribution in [1.29, 1.82) is 0 Å². The number of hydrogen-bond donors (Lipinski definition) is 0. The molecule has 0 heterocycles. The molecule has 0 saturated heterocycles. The van der Waals surface area contributed by atoms with E-state index >= 15 is 0 Å². The zero-order chi connectivity index (χ0) is 24.4. The molecule has 0 radical (unpaired) electrons. The van der Waals surface area contributed by atoms with Gasteiger partial charge in [-0.2, -0.15) is 0 Å². The molecule has 40 heavy (non-hydrogen) atoms. The molecule has 0 bridgehead atoms. The van der Waals surface area contributed by atoms with Gasteiger partial charge in [0.1, 0.15) is 0 Å². The summed E-state index contributed by atoms with van der Waals surface area (Å²) in [6.45, 7) is 0. The summed E-state index contributed by atoms with van der Waals surface area (Å²) in [5.41, 5.74) is 21.8. The fourth-order valence-electron chi connectivity index (χ4n) is 14.2. The van der Waals surface area contributed by atoms with Crippen LogP contribution in [0.15, 0.2) is 11.6 Å². The maximum atomic E-state index is 2.77. The van der Waals surface area contributed by atoms with E-state index < -0.39 is 0 Å². The van der Waals surface area contributed by atoms with Crippen molar-refractivity contribution < 1.29 is 0 Å². The molecule has 0 heteroatoms. The van der Waals surface area contributed by atoms with Crippen LogP contribution < -0.4 is 5.22 Å². The van der Waals surface area contributed by atoms with Crippen LogP contribution in [0.5, 0.6) is 0 Å². The molecule has 0 aromatic heterocycles. The van der Waals surface area contributed by atoms with Crippen molar-refractivity contribution in [2.75, 3.05) is 0 Å². The van der Waals surface area contributed by atoms with Gasteiger partial charge in [-0.1, -0.05) is 17.2 Å². The van der Waals surface area contributed by atoms with Crippen LogP contribution in [-0.4, -0.2) is 0 Å². The van der Waals surface area contributed by atoms with Crippen LogP contribution in [0.25, 0.3) is 81.0 Å². The molecule has 8 aliphatic rings. The number of hydrogen-bond acceptors (Lipinski definition) is 0. The van der Waals surface area contributed by atoms with E-state index in [1.165, 1.54) is 57.8 Å². The number of benzene rings is 4. The lowest BCUT2D eigenvalue weighted by molar-refractivity contribution is 0.580. The average Bonchev–Trinajstić information content (AvgIpc) is 3.79. The molecule has 0 fully saturated rings. The maximum absolute atomic E-state index is 2.77. The van der Waals surface area contributed by atoms with Gasteiger partial charge in [0.15, 0.2) is 0 Å². The summed E-state index contributed by atoms with van der Waals surface area (Å²) in [5.74, 6) is 1.97. The Morgan fingerprint density at radius 2 is 0.950 bits per heavy atom. The smallest absolute Gasteiger partial charge is 0.0323 e. The van der Waals surface area contributed by atoms with Crippen molar-refractivity contribution in [3.63, 3.8) is 0 Å². The Bertz CT molecular complexity index is 2880. The molecule has 8 aromatic rings. The van der Waals surface area contributed by atoms with E-state index in [1.807, 2.05) is 33.4 Å². The van der Waals surface area contributed by atoms with E-state index in [0.717, 1.165) is 0 Å². The molecule has 182 valence electrons. The maximum Gasteiger partial charge on any atom is 0.0323 e. The topological polar surface area (TPSA) is 0 Å². The van der Waals surface area contributed by atoms with Gasteiger partial charge in [0.25, 0.3) is 0 Å². The summed E-state index contributed by atoms with van der Waals surface area (Å²) in [7, 11) is 0. The van der Waals surface area contributed by atoms with Gasteiger partial charge in [0.2, 0.25) is 0 Å². The quantitative estimate of drug-likeness (QED) is 0.144. The lowest BCUT2D eigenvalue weighted by atomic mass is 9.73. The lowest BCUT2D eigenvalue weighted by Gasteiger charge is -2.30. The van der Waals surface area contributed by atoms with Crippen LogP contribution in [0, 0.1) is 0 Å². The number of rotatable bonds is 0. The standard InChI is InChI=1S/C40H22/c1-2-12-14-5-6-16-18-9-10-20-19-8-7-17-15-4-3-13-11(1)21-22(12)32-24(14)26(16)34-29(18)30(20)35-28(19)27(17)33-25(15)23(13)31(21)36-37(32)39(34)40(35)38(33)36/h1,13,15,21H,2-10H2. The number of fused-ring (bicyclic) bond motifs is 5. The SMILES string of the molecule is C1=C2C3CCC4C5=c6c7c(c8c9c%10c(c%11c%12c%13c(c(c%14c%13c%13c%15c(c3c4c6c%15c(c79)c%13c%12%10)C2%14)C1)CC%11)CC8)CC5. The molecule has 0 saturated carbocycles. The Hall–Kier alpha value is -3.64. The molecule has 0 nitrogen and oxygen atoms in total. The molecule has 3 atom stereocenters. The van der Waals surface area contributed by atoms with Gasteiger partial charge >= 0.3 is 0 Å². The van der Waals surface area contributed by atoms with Crippen LogP contribution in [-0.2, 0) is 38.5 Å². The van der Waals surface area contributed by atoms with Crippen molar-refractivity contribution in [1.82, 2.24) is 0 Å². The Morgan fingerprint density at radius 3 is 1.75 bits per heavy atom. The molecular formula is C40H22. The van der Waals surface area contributed by atoms with Crippen LogP contribution in [0.1, 0.15) is 92.7 Å². The summed E-state index contributed by atoms with van der Waals surface area (Å²) < 4.78 is 0. The van der Waals surface area contributed by atoms with Crippen LogP contribution in [0.3, 0.4) is 0 Å². The van der Waals surface area contributed by atoms with Gasteiger partial charge in [-0.3, -0.25) is 0 Å². The van der Waals surface area contributed by atoms with Crippen molar-refractivity contribution in [2.45, 2.75) is 75.5 Å². The molecule has 8 aliphatic carbocycles. The zero-order valence-electron chi connectivity index (χ0n) is 22.2. The van der Waals surface area contributed by atoms with Crippen molar-refractivity contribution in [2.24, 2.45) is 0 Å². The summed E-state index contributed by atoms with van der Waals surface area (Å²) >= 11 is 0. The molecule has 0 spiro atoms. The first-order valence-corrected chi connectivity index (χ1v) is 16.3. The third-order valence-electron chi connectivity index (χ3n) is 14.7. The van der Waals surface area contributed by atoms with Gasteiger partial charge in [-0.15, -0.1) is 0 Å². The third kappa shape index (κ3) is 1.16. The van der Waals surface area contributed by atoms with Crippen LogP contribution in [0.2, 0.25) is 0 Å². The highest BCUT2D eigenvalue weighted by Gasteiger charge is 2.53. The summed E-state index contributed by atoms with van der Waals surface area (Å²) in [6, 6.07) is 0. The largest absolute Gasteiger partial charge is 0.0793 e. The number of aryl methyl sites for hydroxylation is 5. The van der Waals surface area contributed by atoms with Crippen molar-refractivity contribution in [3.05, 3.63) is 72.5 Å². The van der Waals surface area contributed by atoms with Crippen LogP contribution >= 0.6 is 0 Å². The fraction of sp³-hybridized carbons (Fsp3) is 0.300. The fourth-order valence-corrected chi connectivity index (χ4v) is 14.2. The summed E-state index contributed by atoms with van der Waals surface area (Å²) in [5, 5.41) is 26.3. The normalized spacial score (nSPS) is 26.9. The monoisotopic (exact) mass is 502 g/mol. The predicted molar refractivity (Wildman–Crippen MR) is 164 cm³/mol. The minimum Gasteiger partial charge on any atom is -0.0793 e. The van der Waals surface area contributed by atoms with Gasteiger partial charge in [0.05, 0.1) is 0 Å². The first-order valence-electron chi connectivity index (χ1n) is 16.3. The van der Waals surface area contributed by atoms with Gasteiger partial charge in [0, 0.05) is 17.8 Å². The third-order valence-corrected chi connectivity index (χ3v) is 14.7. The first kappa shape index (κ1) is 17.2. The minimum absolute atomic E-state index is 0.570. The second kappa shape index (κ2) is 4.50. The second-order valence-electron chi connectivity index (χ2n) is 15.2. The van der Waals surface area contributed by atoms with Gasteiger partial charge < -0.3 is 0 Å². The van der Waals surface area contributed by atoms with E-state index in [-0.39, 0.29) is 0 Å². The lowest BCUT2D eigenvalue weighted by Crippen LogP contribution is -2.16. The summed E-state index contributed by atoms with van der Waals surface area (Å²) in [6.07, 6.45) is 14.5. The highest BCUT2D eigenvalue weighted by Crippen LogP contribution is 2.72. The molecule has 8 aromatic carbocycles. The Morgan fingerprint density at radius 1 is 0.400 bits per heavy atom. The molecule has 16 rings (SSSR count). The Labute approximate surface area is 228 Å². The van der Waals surface area contributed by atoms with Crippen molar-refractivity contribution in [3.8, 4) is 0 Å².